The standard InChI is InChI=1S/C26H25N5O3S.CH4/c1-30-8-10-31(11-9-30)26(32)20-5-3-4-19(12-20)25-23-14-18(6-7-24(23)28-17-29-25)21-13-22(16-27-15-21)35(2,33)34;/h3-7,12-17H,8-11H2,1-2H3;1H4. The molecule has 4 aromatic rings. The minimum atomic E-state index is -3.38. The molecule has 0 unspecified atom stereocenters. The molecule has 1 aliphatic rings. The number of aromatic nitrogens is 3. The Morgan fingerprint density at radius 1 is 0.889 bits per heavy atom. The second kappa shape index (κ2) is 10.1. The van der Waals surface area contributed by atoms with E-state index in [-0.39, 0.29) is 18.2 Å². The molecule has 0 aliphatic carbocycles. The van der Waals surface area contributed by atoms with Gasteiger partial charge >= 0.3 is 0 Å². The first-order valence-corrected chi connectivity index (χ1v) is 13.2. The third kappa shape index (κ3) is 5.12. The van der Waals surface area contributed by atoms with E-state index in [1.54, 1.807) is 12.3 Å². The number of hydrogen-bond acceptors (Lipinski definition) is 7. The van der Waals surface area contributed by atoms with Gasteiger partial charge in [0.15, 0.2) is 9.84 Å². The number of likely N-dealkylation sites (N-methyl/N-ethyl adjacent to an activating group) is 1. The van der Waals surface area contributed by atoms with Crippen LogP contribution in [0.25, 0.3) is 33.3 Å². The molecule has 186 valence electrons. The number of pyridine rings is 1. The van der Waals surface area contributed by atoms with E-state index in [2.05, 4.69) is 26.9 Å². The lowest BCUT2D eigenvalue weighted by Gasteiger charge is -2.32. The summed E-state index contributed by atoms with van der Waals surface area (Å²) in [4.78, 5) is 30.4. The molecule has 0 atom stereocenters. The Bertz CT molecular complexity index is 1530. The molecule has 36 heavy (non-hydrogen) atoms. The highest BCUT2D eigenvalue weighted by atomic mass is 32.2. The van der Waals surface area contributed by atoms with Gasteiger partial charge in [-0.15, -0.1) is 0 Å². The molecule has 0 radical (unpaired) electrons. The van der Waals surface area contributed by atoms with E-state index >= 15 is 0 Å². The zero-order valence-electron chi connectivity index (χ0n) is 19.5. The third-order valence-electron chi connectivity index (χ3n) is 6.28. The number of rotatable bonds is 4. The van der Waals surface area contributed by atoms with E-state index in [0.717, 1.165) is 41.4 Å². The molecule has 0 N–H and O–H groups in total. The maximum Gasteiger partial charge on any atom is 0.253 e. The summed E-state index contributed by atoms with van der Waals surface area (Å²) in [6, 6.07) is 14.8. The molecule has 8 nitrogen and oxygen atoms in total. The van der Waals surface area contributed by atoms with Gasteiger partial charge in [-0.05, 0) is 42.9 Å². The van der Waals surface area contributed by atoms with E-state index < -0.39 is 9.84 Å². The van der Waals surface area contributed by atoms with E-state index in [0.29, 0.717) is 29.9 Å². The van der Waals surface area contributed by atoms with Crippen LogP contribution in [0.4, 0.5) is 0 Å². The first-order valence-electron chi connectivity index (χ1n) is 11.3. The largest absolute Gasteiger partial charge is 0.336 e. The molecule has 9 heteroatoms. The number of carbonyl (C=O) groups excluding carboxylic acids is 1. The van der Waals surface area contributed by atoms with Gasteiger partial charge in [-0.2, -0.15) is 0 Å². The average molecular weight is 504 g/mol. The molecule has 5 rings (SSSR count). The lowest BCUT2D eigenvalue weighted by atomic mass is 10.00. The summed E-state index contributed by atoms with van der Waals surface area (Å²) in [6.07, 6.45) is 5.65. The van der Waals surface area contributed by atoms with Gasteiger partial charge in [0.05, 0.1) is 16.1 Å². The lowest BCUT2D eigenvalue weighted by molar-refractivity contribution is 0.0664. The highest BCUT2D eigenvalue weighted by Gasteiger charge is 2.21. The molecular formula is C27H29N5O3S. The highest BCUT2D eigenvalue weighted by molar-refractivity contribution is 7.90. The molecule has 1 aliphatic heterocycles. The van der Waals surface area contributed by atoms with Crippen LogP contribution in [0.15, 0.2) is 72.1 Å². The van der Waals surface area contributed by atoms with Crippen molar-refractivity contribution in [1.29, 1.82) is 0 Å². The summed E-state index contributed by atoms with van der Waals surface area (Å²) < 4.78 is 24.0. The molecule has 1 amide bonds. The Labute approximate surface area is 211 Å². The van der Waals surface area contributed by atoms with Crippen LogP contribution in [0.2, 0.25) is 0 Å². The van der Waals surface area contributed by atoms with Crippen LogP contribution in [-0.4, -0.2) is 78.6 Å². The van der Waals surface area contributed by atoms with Crippen LogP contribution < -0.4 is 0 Å². The minimum absolute atomic E-state index is 0. The van der Waals surface area contributed by atoms with Gasteiger partial charge < -0.3 is 9.80 Å². The second-order valence-electron chi connectivity index (χ2n) is 8.81. The van der Waals surface area contributed by atoms with Crippen LogP contribution in [0, 0.1) is 0 Å². The van der Waals surface area contributed by atoms with E-state index in [9.17, 15) is 13.2 Å². The first kappa shape index (κ1) is 25.4. The van der Waals surface area contributed by atoms with Crippen molar-refractivity contribution in [2.75, 3.05) is 39.5 Å². The third-order valence-corrected chi connectivity index (χ3v) is 7.36. The van der Waals surface area contributed by atoms with Crippen molar-refractivity contribution in [2.45, 2.75) is 12.3 Å². The Balaban J connectivity index is 0.00000304. The molecule has 2 aromatic carbocycles. The van der Waals surface area contributed by atoms with Crippen LogP contribution in [-0.2, 0) is 9.84 Å². The summed E-state index contributed by atoms with van der Waals surface area (Å²) in [7, 11) is -1.32. The Hall–Kier alpha value is -3.69. The van der Waals surface area contributed by atoms with Gasteiger partial charge in [0.2, 0.25) is 0 Å². The molecule has 0 spiro atoms. The summed E-state index contributed by atoms with van der Waals surface area (Å²) in [5.74, 6) is 0.0164. The van der Waals surface area contributed by atoms with Crippen molar-refractivity contribution in [3.63, 3.8) is 0 Å². The summed E-state index contributed by atoms with van der Waals surface area (Å²) in [5.41, 5.74) is 4.39. The summed E-state index contributed by atoms with van der Waals surface area (Å²) in [5, 5.41) is 0.805. The SMILES string of the molecule is C.CN1CCN(C(=O)c2cccc(-c3ncnc4ccc(-c5cncc(S(C)(=O)=O)c5)cc34)c2)CC1. The topological polar surface area (TPSA) is 96.4 Å². The number of piperazine rings is 1. The van der Waals surface area contributed by atoms with Gasteiger partial charge in [-0.1, -0.05) is 25.6 Å². The van der Waals surface area contributed by atoms with Gasteiger partial charge in [0.25, 0.3) is 5.91 Å². The van der Waals surface area contributed by atoms with E-state index in [4.69, 9.17) is 0 Å². The van der Waals surface area contributed by atoms with Crippen LogP contribution in [0.5, 0.6) is 0 Å². The fourth-order valence-corrected chi connectivity index (χ4v) is 4.83. The Morgan fingerprint density at radius 3 is 2.42 bits per heavy atom. The number of benzene rings is 2. The average Bonchev–Trinajstić information content (AvgIpc) is 2.88. The quantitative estimate of drug-likeness (QED) is 0.418. The number of fused-ring (bicyclic) bond motifs is 1. The fraction of sp³-hybridized carbons (Fsp3) is 0.259. The lowest BCUT2D eigenvalue weighted by Crippen LogP contribution is -2.47. The number of nitrogens with zero attached hydrogens (tertiary/aromatic N) is 5. The molecule has 1 saturated heterocycles. The molecule has 0 saturated carbocycles. The Morgan fingerprint density at radius 2 is 1.67 bits per heavy atom. The van der Waals surface area contributed by atoms with Crippen LogP contribution in [0.1, 0.15) is 17.8 Å². The maximum absolute atomic E-state index is 13.1. The predicted octanol–water partition coefficient (Wildman–Crippen LogP) is 3.79. The van der Waals surface area contributed by atoms with Crippen molar-refractivity contribution in [3.8, 4) is 22.4 Å². The normalized spacial score (nSPS) is 14.4. The number of carbonyl (C=O) groups is 1. The molecule has 3 heterocycles. The Kier molecular flexibility index (Phi) is 7.14. The molecule has 1 fully saturated rings. The van der Waals surface area contributed by atoms with Crippen molar-refractivity contribution >= 4 is 26.6 Å². The zero-order valence-corrected chi connectivity index (χ0v) is 20.4. The van der Waals surface area contributed by atoms with Gasteiger partial charge in [0, 0.05) is 66.9 Å². The van der Waals surface area contributed by atoms with Crippen molar-refractivity contribution in [2.24, 2.45) is 0 Å². The van der Waals surface area contributed by atoms with E-state index in [1.165, 1.54) is 12.5 Å². The zero-order chi connectivity index (χ0) is 24.6. The molecule has 2 aromatic heterocycles. The van der Waals surface area contributed by atoms with Gasteiger partial charge in [-0.25, -0.2) is 18.4 Å². The fourth-order valence-electron chi connectivity index (χ4n) is 4.24. The number of sulfone groups is 1. The second-order valence-corrected chi connectivity index (χ2v) is 10.8. The predicted molar refractivity (Wildman–Crippen MR) is 141 cm³/mol. The van der Waals surface area contributed by atoms with Gasteiger partial charge in [-0.3, -0.25) is 9.78 Å². The van der Waals surface area contributed by atoms with Gasteiger partial charge in [0.1, 0.15) is 6.33 Å². The van der Waals surface area contributed by atoms with Crippen LogP contribution in [0.3, 0.4) is 0 Å². The van der Waals surface area contributed by atoms with Crippen molar-refractivity contribution in [3.05, 3.63) is 72.8 Å². The van der Waals surface area contributed by atoms with Crippen molar-refractivity contribution in [1.82, 2.24) is 24.8 Å². The molecule has 0 bridgehead atoms. The monoisotopic (exact) mass is 503 g/mol. The number of amides is 1. The van der Waals surface area contributed by atoms with E-state index in [1.807, 2.05) is 47.4 Å². The summed E-state index contributed by atoms with van der Waals surface area (Å²) >= 11 is 0. The number of hydrogen-bond donors (Lipinski definition) is 0. The summed E-state index contributed by atoms with van der Waals surface area (Å²) in [6.45, 7) is 3.14. The van der Waals surface area contributed by atoms with Crippen LogP contribution >= 0.6 is 0 Å². The molecular weight excluding hydrogens is 474 g/mol. The maximum atomic E-state index is 13.1. The minimum Gasteiger partial charge on any atom is -0.336 e. The van der Waals surface area contributed by atoms with Crippen molar-refractivity contribution < 1.29 is 13.2 Å². The highest BCUT2D eigenvalue weighted by Crippen LogP contribution is 2.31. The smallest absolute Gasteiger partial charge is 0.253 e. The first-order chi connectivity index (χ1) is 16.8.